The molecule has 146 valence electrons. The molecule has 6 nitrogen and oxygen atoms in total. The van der Waals surface area contributed by atoms with Crippen LogP contribution in [0.4, 0.5) is 0 Å². The van der Waals surface area contributed by atoms with E-state index >= 15 is 0 Å². The molecule has 0 aliphatic carbocycles. The molecular formula is C23H16ClN5O. The Kier molecular flexibility index (Phi) is 4.41. The van der Waals surface area contributed by atoms with Crippen molar-refractivity contribution in [3.63, 3.8) is 0 Å². The van der Waals surface area contributed by atoms with Gasteiger partial charge < -0.3 is 4.57 Å². The standard InChI is InChI=1S/C23H16ClN5O/c1-28-13-12-25-21(28)15-6-8-16(9-7-15)22-27-19-5-3-2-4-18(19)23(30)29(22)20-11-10-17(24)14-26-20/h2-14H,1H3. The van der Waals surface area contributed by atoms with Crippen LogP contribution in [0.25, 0.3) is 39.5 Å². The highest BCUT2D eigenvalue weighted by atomic mass is 35.5. The first kappa shape index (κ1) is 18.3. The van der Waals surface area contributed by atoms with Gasteiger partial charge in [-0.1, -0.05) is 48.0 Å². The first-order valence-corrected chi connectivity index (χ1v) is 9.71. The molecule has 0 unspecified atom stereocenters. The number of halogens is 1. The lowest BCUT2D eigenvalue weighted by Gasteiger charge is -2.13. The summed E-state index contributed by atoms with van der Waals surface area (Å²) in [6.45, 7) is 0. The van der Waals surface area contributed by atoms with E-state index in [1.54, 1.807) is 24.4 Å². The lowest BCUT2D eigenvalue weighted by Crippen LogP contribution is -2.22. The lowest BCUT2D eigenvalue weighted by molar-refractivity contribution is 0.924. The topological polar surface area (TPSA) is 65.6 Å². The molecule has 3 heterocycles. The van der Waals surface area contributed by atoms with Gasteiger partial charge in [-0.15, -0.1) is 0 Å². The predicted octanol–water partition coefficient (Wildman–Crippen LogP) is 4.50. The number of nitrogens with zero attached hydrogens (tertiary/aromatic N) is 5. The van der Waals surface area contributed by atoms with Crippen LogP contribution >= 0.6 is 11.6 Å². The van der Waals surface area contributed by atoms with Crippen molar-refractivity contribution >= 4 is 22.5 Å². The lowest BCUT2D eigenvalue weighted by atomic mass is 10.1. The summed E-state index contributed by atoms with van der Waals surface area (Å²) in [5.41, 5.74) is 2.23. The third-order valence-electron chi connectivity index (χ3n) is 4.94. The maximum Gasteiger partial charge on any atom is 0.267 e. The van der Waals surface area contributed by atoms with Gasteiger partial charge in [0.15, 0.2) is 0 Å². The molecule has 0 amide bonds. The Morgan fingerprint density at radius 1 is 0.867 bits per heavy atom. The van der Waals surface area contributed by atoms with Crippen molar-refractivity contribution in [2.45, 2.75) is 0 Å². The fourth-order valence-corrected chi connectivity index (χ4v) is 3.56. The number of hydrogen-bond donors (Lipinski definition) is 0. The van der Waals surface area contributed by atoms with Gasteiger partial charge in [-0.2, -0.15) is 0 Å². The summed E-state index contributed by atoms with van der Waals surface area (Å²) in [4.78, 5) is 26.9. The summed E-state index contributed by atoms with van der Waals surface area (Å²) in [6, 6.07) is 18.5. The van der Waals surface area contributed by atoms with E-state index in [1.165, 1.54) is 10.8 Å². The minimum Gasteiger partial charge on any atom is -0.334 e. The van der Waals surface area contributed by atoms with E-state index in [2.05, 4.69) is 9.97 Å². The van der Waals surface area contributed by atoms with Crippen molar-refractivity contribution in [3.8, 4) is 28.6 Å². The number of hydrogen-bond acceptors (Lipinski definition) is 4. The number of pyridine rings is 1. The van der Waals surface area contributed by atoms with Gasteiger partial charge in [0.05, 0.1) is 15.9 Å². The van der Waals surface area contributed by atoms with Crippen molar-refractivity contribution in [2.75, 3.05) is 0 Å². The first-order chi connectivity index (χ1) is 14.6. The van der Waals surface area contributed by atoms with Crippen LogP contribution in [0.5, 0.6) is 0 Å². The number of para-hydroxylation sites is 1. The molecule has 2 aromatic carbocycles. The van der Waals surface area contributed by atoms with Gasteiger partial charge in [-0.05, 0) is 24.3 Å². The summed E-state index contributed by atoms with van der Waals surface area (Å²) in [5.74, 6) is 1.84. The summed E-state index contributed by atoms with van der Waals surface area (Å²) in [7, 11) is 1.95. The number of aromatic nitrogens is 5. The van der Waals surface area contributed by atoms with Crippen LogP contribution in [0.2, 0.25) is 5.02 Å². The monoisotopic (exact) mass is 413 g/mol. The zero-order valence-electron chi connectivity index (χ0n) is 16.0. The zero-order chi connectivity index (χ0) is 20.7. The molecule has 0 N–H and O–H groups in total. The largest absolute Gasteiger partial charge is 0.334 e. The van der Waals surface area contributed by atoms with E-state index in [0.717, 1.165) is 17.0 Å². The quantitative estimate of drug-likeness (QED) is 0.436. The third kappa shape index (κ3) is 3.07. The molecule has 5 aromatic rings. The van der Waals surface area contributed by atoms with E-state index in [9.17, 15) is 4.79 Å². The molecule has 0 fully saturated rings. The van der Waals surface area contributed by atoms with E-state index in [1.807, 2.05) is 60.3 Å². The second-order valence-corrected chi connectivity index (χ2v) is 7.30. The molecule has 0 saturated carbocycles. The van der Waals surface area contributed by atoms with Gasteiger partial charge in [0.25, 0.3) is 5.56 Å². The summed E-state index contributed by atoms with van der Waals surface area (Å²) < 4.78 is 3.48. The number of benzene rings is 2. The SMILES string of the molecule is Cn1ccnc1-c1ccc(-c2nc3ccccc3c(=O)n2-c2ccc(Cl)cn2)cc1. The van der Waals surface area contributed by atoms with Crippen molar-refractivity contribution in [1.82, 2.24) is 24.1 Å². The molecule has 0 aliphatic heterocycles. The van der Waals surface area contributed by atoms with E-state index in [0.29, 0.717) is 27.6 Å². The fraction of sp³-hybridized carbons (Fsp3) is 0.0435. The Balaban J connectivity index is 1.73. The fourth-order valence-electron chi connectivity index (χ4n) is 3.45. The minimum atomic E-state index is -0.182. The number of rotatable bonds is 3. The predicted molar refractivity (Wildman–Crippen MR) is 118 cm³/mol. The highest BCUT2D eigenvalue weighted by Gasteiger charge is 2.15. The molecule has 0 atom stereocenters. The smallest absolute Gasteiger partial charge is 0.267 e. The summed E-state index contributed by atoms with van der Waals surface area (Å²) in [6.07, 6.45) is 5.18. The average molecular weight is 414 g/mol. The maximum absolute atomic E-state index is 13.3. The van der Waals surface area contributed by atoms with E-state index < -0.39 is 0 Å². The van der Waals surface area contributed by atoms with Crippen LogP contribution in [-0.2, 0) is 7.05 Å². The zero-order valence-corrected chi connectivity index (χ0v) is 16.8. The maximum atomic E-state index is 13.3. The number of fused-ring (bicyclic) bond motifs is 1. The second-order valence-electron chi connectivity index (χ2n) is 6.87. The van der Waals surface area contributed by atoms with Crippen LogP contribution in [0.1, 0.15) is 0 Å². The molecule has 3 aromatic heterocycles. The Hall–Kier alpha value is -3.77. The van der Waals surface area contributed by atoms with Crippen molar-refractivity contribution in [1.29, 1.82) is 0 Å². The molecule has 0 spiro atoms. The van der Waals surface area contributed by atoms with Gasteiger partial charge in [0.1, 0.15) is 17.5 Å². The van der Waals surface area contributed by atoms with Crippen LogP contribution < -0.4 is 5.56 Å². The molecule has 0 saturated heterocycles. The van der Waals surface area contributed by atoms with Gasteiger partial charge in [-0.3, -0.25) is 4.79 Å². The van der Waals surface area contributed by atoms with E-state index in [4.69, 9.17) is 16.6 Å². The molecular weight excluding hydrogens is 398 g/mol. The summed E-state index contributed by atoms with van der Waals surface area (Å²) in [5, 5.41) is 1.03. The number of aryl methyl sites for hydroxylation is 1. The Labute approximate surface area is 177 Å². The normalized spacial score (nSPS) is 11.1. The van der Waals surface area contributed by atoms with E-state index in [-0.39, 0.29) is 5.56 Å². The van der Waals surface area contributed by atoms with Gasteiger partial charge in [0, 0.05) is 36.8 Å². The van der Waals surface area contributed by atoms with Crippen LogP contribution in [-0.4, -0.2) is 24.1 Å². The molecule has 30 heavy (non-hydrogen) atoms. The van der Waals surface area contributed by atoms with Crippen molar-refractivity contribution < 1.29 is 0 Å². The Morgan fingerprint density at radius 2 is 1.60 bits per heavy atom. The number of imidazole rings is 1. The molecule has 0 radical (unpaired) electrons. The molecule has 5 rings (SSSR count). The van der Waals surface area contributed by atoms with Crippen LogP contribution in [0.3, 0.4) is 0 Å². The average Bonchev–Trinajstić information content (AvgIpc) is 3.20. The van der Waals surface area contributed by atoms with Gasteiger partial charge >= 0.3 is 0 Å². The molecule has 7 heteroatoms. The molecule has 0 aliphatic rings. The van der Waals surface area contributed by atoms with Crippen LogP contribution in [0, 0.1) is 0 Å². The summed E-state index contributed by atoms with van der Waals surface area (Å²) >= 11 is 6.00. The van der Waals surface area contributed by atoms with Gasteiger partial charge in [-0.25, -0.2) is 19.5 Å². The Morgan fingerprint density at radius 3 is 2.27 bits per heavy atom. The minimum absolute atomic E-state index is 0.182. The highest BCUT2D eigenvalue weighted by molar-refractivity contribution is 6.30. The molecule has 0 bridgehead atoms. The third-order valence-corrected chi connectivity index (χ3v) is 5.16. The van der Waals surface area contributed by atoms with Crippen LogP contribution in [0.15, 0.2) is 84.0 Å². The van der Waals surface area contributed by atoms with Gasteiger partial charge in [0.2, 0.25) is 0 Å². The van der Waals surface area contributed by atoms with Crippen molar-refractivity contribution in [3.05, 3.63) is 94.6 Å². The second kappa shape index (κ2) is 7.24. The Bertz CT molecular complexity index is 1420. The first-order valence-electron chi connectivity index (χ1n) is 9.34. The highest BCUT2D eigenvalue weighted by Crippen LogP contribution is 2.25. The van der Waals surface area contributed by atoms with Crippen molar-refractivity contribution in [2.24, 2.45) is 7.05 Å².